The molecule has 9 heteroatoms. The van der Waals surface area contributed by atoms with Gasteiger partial charge in [-0.2, -0.15) is 10.2 Å². The number of aromatic nitrogens is 4. The number of hydrogen-bond acceptors (Lipinski definition) is 4. The van der Waals surface area contributed by atoms with Gasteiger partial charge in [0.25, 0.3) is 5.91 Å². The molecule has 0 bridgehead atoms. The van der Waals surface area contributed by atoms with Crippen molar-refractivity contribution in [2.24, 2.45) is 0 Å². The van der Waals surface area contributed by atoms with E-state index in [9.17, 15) is 9.18 Å². The fourth-order valence-electron chi connectivity index (χ4n) is 3.46. The molecule has 0 aliphatic rings. The van der Waals surface area contributed by atoms with E-state index in [1.165, 1.54) is 10.7 Å². The number of nitrogens with zero attached hydrogens (tertiary/aromatic N) is 4. The van der Waals surface area contributed by atoms with Crippen LogP contribution in [0.1, 0.15) is 33.0 Å². The molecule has 1 amide bonds. The lowest BCUT2D eigenvalue weighted by Crippen LogP contribution is -2.15. The van der Waals surface area contributed by atoms with Crippen molar-refractivity contribution in [2.45, 2.75) is 34.0 Å². The van der Waals surface area contributed by atoms with E-state index in [0.717, 1.165) is 11.3 Å². The Balaban J connectivity index is 1.43. The minimum Gasteiger partial charge on any atom is -0.471 e. The number of nitrogens with one attached hydrogen (secondary N) is 1. The van der Waals surface area contributed by atoms with Crippen molar-refractivity contribution < 1.29 is 13.9 Å². The maximum atomic E-state index is 14.0. The average molecular weight is 468 g/mol. The number of carbonyl (C=O) groups excluding carboxylic acids is 1. The van der Waals surface area contributed by atoms with Crippen molar-refractivity contribution in [3.63, 3.8) is 0 Å². The molecule has 0 aliphatic carbocycles. The summed E-state index contributed by atoms with van der Waals surface area (Å²) in [7, 11) is 0. The van der Waals surface area contributed by atoms with Gasteiger partial charge in [-0.05, 0) is 56.7 Å². The predicted molar refractivity (Wildman–Crippen MR) is 124 cm³/mol. The van der Waals surface area contributed by atoms with Gasteiger partial charge in [0.1, 0.15) is 11.6 Å². The molecule has 0 atom stereocenters. The molecule has 170 valence electrons. The van der Waals surface area contributed by atoms with Crippen LogP contribution >= 0.6 is 11.6 Å². The van der Waals surface area contributed by atoms with Crippen LogP contribution in [0.25, 0.3) is 0 Å². The highest BCUT2D eigenvalue weighted by atomic mass is 35.5. The van der Waals surface area contributed by atoms with Crippen LogP contribution in [0, 0.1) is 26.6 Å². The third-order valence-electron chi connectivity index (χ3n) is 5.26. The van der Waals surface area contributed by atoms with Crippen LogP contribution in [0.2, 0.25) is 5.02 Å². The van der Waals surface area contributed by atoms with Crippen LogP contribution in [-0.4, -0.2) is 25.5 Å². The van der Waals surface area contributed by atoms with Crippen LogP contribution in [0.15, 0.2) is 54.7 Å². The largest absolute Gasteiger partial charge is 0.471 e. The lowest BCUT2D eigenvalue weighted by Gasteiger charge is -2.09. The van der Waals surface area contributed by atoms with Gasteiger partial charge in [-0.25, -0.2) is 9.07 Å². The Morgan fingerprint density at radius 1 is 1.12 bits per heavy atom. The summed E-state index contributed by atoms with van der Waals surface area (Å²) < 4.78 is 23.0. The number of amides is 1. The zero-order valence-corrected chi connectivity index (χ0v) is 19.2. The smallest absolute Gasteiger partial charge is 0.276 e. The van der Waals surface area contributed by atoms with E-state index in [2.05, 4.69) is 15.5 Å². The molecule has 0 saturated heterocycles. The molecule has 0 aliphatic heterocycles. The second kappa shape index (κ2) is 9.46. The first-order valence-electron chi connectivity index (χ1n) is 10.3. The number of ether oxygens (including phenoxy) is 1. The number of anilines is 1. The summed E-state index contributed by atoms with van der Waals surface area (Å²) in [5, 5.41) is 12.3. The van der Waals surface area contributed by atoms with Crippen molar-refractivity contribution in [1.29, 1.82) is 0 Å². The van der Waals surface area contributed by atoms with Crippen molar-refractivity contribution in [3.05, 3.63) is 93.8 Å². The Labute approximate surface area is 195 Å². The quantitative estimate of drug-likeness (QED) is 0.408. The molecule has 0 radical (unpaired) electrons. The first kappa shape index (κ1) is 22.5. The van der Waals surface area contributed by atoms with Gasteiger partial charge in [-0.1, -0.05) is 29.8 Å². The normalized spacial score (nSPS) is 10.9. The molecule has 4 rings (SSSR count). The molecule has 7 nitrogen and oxygen atoms in total. The minimum atomic E-state index is -0.368. The summed E-state index contributed by atoms with van der Waals surface area (Å²) >= 11 is 5.97. The summed E-state index contributed by atoms with van der Waals surface area (Å²) in [5.41, 5.74) is 3.62. The van der Waals surface area contributed by atoms with Crippen LogP contribution in [0.4, 0.5) is 10.1 Å². The Hall–Kier alpha value is -3.65. The van der Waals surface area contributed by atoms with Gasteiger partial charge in [-0.3, -0.25) is 9.48 Å². The van der Waals surface area contributed by atoms with E-state index < -0.39 is 0 Å². The van der Waals surface area contributed by atoms with Crippen LogP contribution in [0.5, 0.6) is 5.75 Å². The van der Waals surface area contributed by atoms with E-state index in [-0.39, 0.29) is 30.7 Å². The standard InChI is InChI=1S/C24H23ClFN5O2/c1-15-12-19(25)8-9-22(15)33-14-30-11-10-21(29-30)24(32)27-23-16(2)28-31(17(23)3)13-18-6-4-5-7-20(18)26/h4-12H,13-14H2,1-3H3,(H,27,32). The van der Waals surface area contributed by atoms with E-state index in [4.69, 9.17) is 16.3 Å². The summed E-state index contributed by atoms with van der Waals surface area (Å²) in [6.07, 6.45) is 1.67. The van der Waals surface area contributed by atoms with Crippen molar-refractivity contribution in [2.75, 3.05) is 5.32 Å². The van der Waals surface area contributed by atoms with E-state index in [0.29, 0.717) is 27.7 Å². The molecule has 4 aromatic rings. The molecule has 1 N–H and O–H groups in total. The molecule has 0 spiro atoms. The number of carbonyl (C=O) groups is 1. The Morgan fingerprint density at radius 3 is 2.67 bits per heavy atom. The van der Waals surface area contributed by atoms with Gasteiger partial charge in [0.05, 0.1) is 23.6 Å². The molecule has 0 fully saturated rings. The van der Waals surface area contributed by atoms with Gasteiger partial charge in [0, 0.05) is 16.8 Å². The predicted octanol–water partition coefficient (Wildman–Crippen LogP) is 5.13. The van der Waals surface area contributed by atoms with Gasteiger partial charge < -0.3 is 10.1 Å². The highest BCUT2D eigenvalue weighted by Gasteiger charge is 2.18. The number of rotatable bonds is 7. The van der Waals surface area contributed by atoms with Gasteiger partial charge >= 0.3 is 0 Å². The molecule has 2 aromatic carbocycles. The number of benzene rings is 2. The fourth-order valence-corrected chi connectivity index (χ4v) is 3.69. The lowest BCUT2D eigenvalue weighted by atomic mass is 10.2. The van der Waals surface area contributed by atoms with Gasteiger partial charge in [0.2, 0.25) is 0 Å². The Morgan fingerprint density at radius 2 is 1.91 bits per heavy atom. The van der Waals surface area contributed by atoms with Crippen LogP contribution < -0.4 is 10.1 Å². The topological polar surface area (TPSA) is 74.0 Å². The average Bonchev–Trinajstić information content (AvgIpc) is 3.35. The first-order valence-corrected chi connectivity index (χ1v) is 10.7. The highest BCUT2D eigenvalue weighted by Crippen LogP contribution is 2.23. The number of halogens is 2. The zero-order chi connectivity index (χ0) is 23.5. The Kier molecular flexibility index (Phi) is 6.46. The molecule has 0 unspecified atom stereocenters. The monoisotopic (exact) mass is 467 g/mol. The SMILES string of the molecule is Cc1cc(Cl)ccc1OCn1ccc(C(=O)Nc2c(C)nn(Cc3ccccc3F)c2C)n1. The van der Waals surface area contributed by atoms with Crippen LogP contribution in [0.3, 0.4) is 0 Å². The van der Waals surface area contributed by atoms with Gasteiger partial charge in [-0.15, -0.1) is 0 Å². The van der Waals surface area contributed by atoms with Crippen molar-refractivity contribution in [1.82, 2.24) is 19.6 Å². The van der Waals surface area contributed by atoms with Crippen LogP contribution in [-0.2, 0) is 13.3 Å². The number of aryl methyl sites for hydroxylation is 2. The van der Waals surface area contributed by atoms with E-state index >= 15 is 0 Å². The maximum Gasteiger partial charge on any atom is 0.276 e. The lowest BCUT2D eigenvalue weighted by molar-refractivity contribution is 0.102. The third-order valence-corrected chi connectivity index (χ3v) is 5.50. The summed E-state index contributed by atoms with van der Waals surface area (Å²) in [6.45, 7) is 5.94. The molecule has 33 heavy (non-hydrogen) atoms. The second-order valence-electron chi connectivity index (χ2n) is 7.67. The summed E-state index contributed by atoms with van der Waals surface area (Å²) in [5.74, 6) is 0.0275. The number of hydrogen-bond donors (Lipinski definition) is 1. The third kappa shape index (κ3) is 5.06. The molecular formula is C24H23ClFN5O2. The summed E-state index contributed by atoms with van der Waals surface area (Å²) in [6, 6.07) is 13.5. The molecule has 2 aromatic heterocycles. The zero-order valence-electron chi connectivity index (χ0n) is 18.5. The maximum absolute atomic E-state index is 14.0. The Bertz CT molecular complexity index is 1310. The van der Waals surface area contributed by atoms with Gasteiger partial charge in [0.15, 0.2) is 12.4 Å². The van der Waals surface area contributed by atoms with Crippen molar-refractivity contribution in [3.8, 4) is 5.75 Å². The minimum absolute atomic E-state index is 0.147. The van der Waals surface area contributed by atoms with E-state index in [1.54, 1.807) is 54.2 Å². The van der Waals surface area contributed by atoms with Crippen molar-refractivity contribution >= 4 is 23.2 Å². The fraction of sp³-hybridized carbons (Fsp3) is 0.208. The molecule has 2 heterocycles. The first-order chi connectivity index (χ1) is 15.8. The highest BCUT2D eigenvalue weighted by molar-refractivity contribution is 6.30. The second-order valence-corrected chi connectivity index (χ2v) is 8.11. The molecular weight excluding hydrogens is 445 g/mol. The van der Waals surface area contributed by atoms with E-state index in [1.807, 2.05) is 19.9 Å². The summed E-state index contributed by atoms with van der Waals surface area (Å²) in [4.78, 5) is 12.8. The molecule has 0 saturated carbocycles.